The van der Waals surface area contributed by atoms with Gasteiger partial charge in [0.15, 0.2) is 0 Å². The van der Waals surface area contributed by atoms with E-state index in [1.807, 2.05) is 13.0 Å². The number of ether oxygens (including phenoxy) is 1. The topological polar surface area (TPSA) is 81.0 Å². The molecule has 5 nitrogen and oxygen atoms in total. The van der Waals surface area contributed by atoms with Crippen LogP contribution in [-0.2, 0) is 9.53 Å². The van der Waals surface area contributed by atoms with Crippen molar-refractivity contribution in [2.24, 2.45) is 5.92 Å². The summed E-state index contributed by atoms with van der Waals surface area (Å²) < 4.78 is 5.02. The van der Waals surface area contributed by atoms with Gasteiger partial charge in [0.1, 0.15) is 5.82 Å². The lowest BCUT2D eigenvalue weighted by atomic mass is 9.88. The van der Waals surface area contributed by atoms with Crippen molar-refractivity contribution in [3.63, 3.8) is 0 Å². The zero-order valence-electron chi connectivity index (χ0n) is 9.90. The van der Waals surface area contributed by atoms with Crippen molar-refractivity contribution in [1.29, 1.82) is 0 Å². The number of carbonyl (C=O) groups is 1. The molecule has 0 radical (unpaired) electrons. The third kappa shape index (κ3) is 2.67. The molecular weight excluding hydrogens is 218 g/mol. The summed E-state index contributed by atoms with van der Waals surface area (Å²) >= 11 is 0. The quantitative estimate of drug-likeness (QED) is 0.782. The van der Waals surface area contributed by atoms with E-state index in [9.17, 15) is 4.79 Å². The van der Waals surface area contributed by atoms with E-state index in [0.29, 0.717) is 12.4 Å². The van der Waals surface area contributed by atoms with Gasteiger partial charge in [-0.25, -0.2) is 0 Å². The Morgan fingerprint density at radius 3 is 3.06 bits per heavy atom. The standard InChI is InChI=1S/C12H17N3O2/c1-2-17-12(16)9-5-3-8(4-6-9)10-7-11(13)15-14-10/h3,7,9H,2,4-6H2,1H3,(H3,13,14,15). The smallest absolute Gasteiger partial charge is 0.309 e. The minimum absolute atomic E-state index is 0.000955. The van der Waals surface area contributed by atoms with Gasteiger partial charge in [-0.3, -0.25) is 9.89 Å². The van der Waals surface area contributed by atoms with Crippen LogP contribution in [0.25, 0.3) is 5.57 Å². The van der Waals surface area contributed by atoms with Crippen LogP contribution in [0.15, 0.2) is 12.1 Å². The highest BCUT2D eigenvalue weighted by Gasteiger charge is 2.23. The van der Waals surface area contributed by atoms with Crippen LogP contribution in [0.1, 0.15) is 31.9 Å². The van der Waals surface area contributed by atoms with Crippen LogP contribution in [0, 0.1) is 5.92 Å². The number of rotatable bonds is 3. The molecule has 0 aliphatic heterocycles. The minimum Gasteiger partial charge on any atom is -0.466 e. The number of aromatic nitrogens is 2. The van der Waals surface area contributed by atoms with Gasteiger partial charge < -0.3 is 10.5 Å². The van der Waals surface area contributed by atoms with Crippen LogP contribution >= 0.6 is 0 Å². The lowest BCUT2D eigenvalue weighted by Gasteiger charge is -2.19. The number of esters is 1. The molecule has 2 rings (SSSR count). The highest BCUT2D eigenvalue weighted by atomic mass is 16.5. The minimum atomic E-state index is -0.0908. The number of H-pyrrole nitrogens is 1. The van der Waals surface area contributed by atoms with Gasteiger partial charge >= 0.3 is 5.97 Å². The number of aromatic amines is 1. The summed E-state index contributed by atoms with van der Waals surface area (Å²) in [5.41, 5.74) is 7.68. The average Bonchev–Trinajstić information content (AvgIpc) is 2.76. The van der Waals surface area contributed by atoms with Crippen molar-refractivity contribution >= 4 is 17.4 Å². The molecule has 17 heavy (non-hydrogen) atoms. The Bertz CT molecular complexity index is 437. The zero-order valence-corrected chi connectivity index (χ0v) is 9.90. The number of nitrogens with zero attached hydrogens (tertiary/aromatic N) is 1. The first-order valence-electron chi connectivity index (χ1n) is 5.87. The van der Waals surface area contributed by atoms with E-state index in [1.165, 1.54) is 5.57 Å². The van der Waals surface area contributed by atoms with Crippen molar-refractivity contribution in [2.75, 3.05) is 12.3 Å². The van der Waals surface area contributed by atoms with Crippen LogP contribution in [0.3, 0.4) is 0 Å². The van der Waals surface area contributed by atoms with Crippen LogP contribution in [0.5, 0.6) is 0 Å². The molecule has 5 heteroatoms. The molecule has 1 aromatic rings. The van der Waals surface area contributed by atoms with E-state index < -0.39 is 0 Å². The van der Waals surface area contributed by atoms with Gasteiger partial charge in [0.05, 0.1) is 18.2 Å². The Kier molecular flexibility index (Phi) is 3.46. The van der Waals surface area contributed by atoms with Crippen molar-refractivity contribution < 1.29 is 9.53 Å². The first-order chi connectivity index (χ1) is 8.20. The molecule has 1 aromatic heterocycles. The van der Waals surface area contributed by atoms with Gasteiger partial charge in [0, 0.05) is 6.07 Å². The highest BCUT2D eigenvalue weighted by molar-refractivity contribution is 5.75. The van der Waals surface area contributed by atoms with Gasteiger partial charge in [-0.1, -0.05) is 6.08 Å². The molecule has 1 aliphatic carbocycles. The highest BCUT2D eigenvalue weighted by Crippen LogP contribution is 2.30. The number of nitrogens with two attached hydrogens (primary N) is 1. The van der Waals surface area contributed by atoms with Crippen LogP contribution in [0.4, 0.5) is 5.82 Å². The monoisotopic (exact) mass is 235 g/mol. The number of anilines is 1. The molecule has 1 atom stereocenters. The Balaban J connectivity index is 2.00. The number of nitrogen functional groups attached to an aromatic ring is 1. The van der Waals surface area contributed by atoms with Gasteiger partial charge in [-0.2, -0.15) is 5.10 Å². The normalized spacial score (nSPS) is 19.8. The van der Waals surface area contributed by atoms with E-state index in [-0.39, 0.29) is 11.9 Å². The summed E-state index contributed by atoms with van der Waals surface area (Å²) in [7, 11) is 0. The molecular formula is C12H17N3O2. The van der Waals surface area contributed by atoms with Crippen molar-refractivity contribution in [1.82, 2.24) is 10.2 Å². The van der Waals surface area contributed by atoms with Gasteiger partial charge in [0.2, 0.25) is 0 Å². The molecule has 0 spiro atoms. The Hall–Kier alpha value is -1.78. The number of hydrogen-bond donors (Lipinski definition) is 2. The van der Waals surface area contributed by atoms with Gasteiger partial charge in [-0.05, 0) is 31.8 Å². The molecule has 92 valence electrons. The lowest BCUT2D eigenvalue weighted by Crippen LogP contribution is -2.19. The first kappa shape index (κ1) is 11.7. The third-order valence-corrected chi connectivity index (χ3v) is 2.97. The van der Waals surface area contributed by atoms with Crippen LogP contribution < -0.4 is 5.73 Å². The summed E-state index contributed by atoms with van der Waals surface area (Å²) in [5, 5.41) is 6.78. The van der Waals surface area contributed by atoms with Crippen molar-refractivity contribution in [3.8, 4) is 0 Å². The molecule has 0 saturated carbocycles. The second-order valence-corrected chi connectivity index (χ2v) is 4.16. The predicted molar refractivity (Wildman–Crippen MR) is 65.0 cm³/mol. The molecule has 1 aliphatic rings. The van der Waals surface area contributed by atoms with E-state index in [4.69, 9.17) is 10.5 Å². The third-order valence-electron chi connectivity index (χ3n) is 2.97. The first-order valence-corrected chi connectivity index (χ1v) is 5.87. The summed E-state index contributed by atoms with van der Waals surface area (Å²) in [5.74, 6) is 0.402. The molecule has 0 saturated heterocycles. The molecule has 0 bridgehead atoms. The molecule has 0 amide bonds. The molecule has 0 aromatic carbocycles. The van der Waals surface area contributed by atoms with Crippen LogP contribution in [0.2, 0.25) is 0 Å². The maximum atomic E-state index is 11.6. The van der Waals surface area contributed by atoms with Crippen LogP contribution in [-0.4, -0.2) is 22.8 Å². The fourth-order valence-corrected chi connectivity index (χ4v) is 2.05. The Morgan fingerprint density at radius 2 is 2.53 bits per heavy atom. The molecule has 1 unspecified atom stereocenters. The van der Waals surface area contributed by atoms with E-state index in [1.54, 1.807) is 0 Å². The fraction of sp³-hybridized carbons (Fsp3) is 0.500. The largest absolute Gasteiger partial charge is 0.466 e. The zero-order chi connectivity index (χ0) is 12.3. The Morgan fingerprint density at radius 1 is 1.71 bits per heavy atom. The average molecular weight is 235 g/mol. The van der Waals surface area contributed by atoms with Gasteiger partial charge in [0.25, 0.3) is 0 Å². The number of allylic oxidation sites excluding steroid dienone is 2. The number of carbonyl (C=O) groups excluding carboxylic acids is 1. The summed E-state index contributed by atoms with van der Waals surface area (Å²) in [6.07, 6.45) is 4.47. The second kappa shape index (κ2) is 5.03. The predicted octanol–water partition coefficient (Wildman–Crippen LogP) is 1.74. The van der Waals surface area contributed by atoms with E-state index in [2.05, 4.69) is 16.3 Å². The Labute approximate surface area is 100 Å². The molecule has 1 heterocycles. The SMILES string of the molecule is CCOC(=O)C1CC=C(c2cc(N)n[nH]2)CC1. The summed E-state index contributed by atoms with van der Waals surface area (Å²) in [6.45, 7) is 2.28. The molecule has 0 fully saturated rings. The van der Waals surface area contributed by atoms with Crippen molar-refractivity contribution in [3.05, 3.63) is 17.8 Å². The maximum Gasteiger partial charge on any atom is 0.309 e. The summed E-state index contributed by atoms with van der Waals surface area (Å²) in [6, 6.07) is 1.82. The number of hydrogen-bond acceptors (Lipinski definition) is 4. The van der Waals surface area contributed by atoms with E-state index in [0.717, 1.165) is 25.0 Å². The number of nitrogens with one attached hydrogen (secondary N) is 1. The second-order valence-electron chi connectivity index (χ2n) is 4.16. The molecule has 3 N–H and O–H groups in total. The maximum absolute atomic E-state index is 11.6. The summed E-state index contributed by atoms with van der Waals surface area (Å²) in [4.78, 5) is 11.6. The van der Waals surface area contributed by atoms with Gasteiger partial charge in [-0.15, -0.1) is 0 Å². The van der Waals surface area contributed by atoms with Crippen molar-refractivity contribution in [2.45, 2.75) is 26.2 Å². The van der Waals surface area contributed by atoms with E-state index >= 15 is 0 Å². The fourth-order valence-electron chi connectivity index (χ4n) is 2.05. The lowest BCUT2D eigenvalue weighted by molar-refractivity contribution is -0.148.